The van der Waals surface area contributed by atoms with Crippen LogP contribution < -0.4 is 15.0 Å². The molecule has 0 aliphatic carbocycles. The van der Waals surface area contributed by atoms with Crippen LogP contribution in [0.4, 0.5) is 11.4 Å². The Morgan fingerprint density at radius 3 is 2.67 bits per heavy atom. The van der Waals surface area contributed by atoms with Crippen LogP contribution in [0, 0.1) is 0 Å². The minimum atomic E-state index is -2.05. The molecule has 0 bridgehead atoms. The van der Waals surface area contributed by atoms with Gasteiger partial charge in [-0.1, -0.05) is 34.8 Å². The average Bonchev–Trinajstić information content (AvgIpc) is 2.39. The first-order chi connectivity index (χ1) is 9.74. The highest BCUT2D eigenvalue weighted by atomic mass is 35.6. The van der Waals surface area contributed by atoms with Crippen LogP contribution in [0.15, 0.2) is 18.2 Å². The number of amides is 2. The number of carbonyl (C=O) groups is 2. The van der Waals surface area contributed by atoms with E-state index in [0.29, 0.717) is 23.7 Å². The van der Waals surface area contributed by atoms with E-state index in [4.69, 9.17) is 39.5 Å². The zero-order valence-electron chi connectivity index (χ0n) is 11.3. The highest BCUT2D eigenvalue weighted by Gasteiger charge is 2.33. The lowest BCUT2D eigenvalue weighted by Gasteiger charge is -2.32. The molecular formula is C13H13Cl3N2O3. The number of alkyl halides is 3. The van der Waals surface area contributed by atoms with Gasteiger partial charge in [0, 0.05) is 18.3 Å². The SMILES string of the molecule is CCN1C(=O)C(C)Oc2cc(NC(=O)C(Cl)(Cl)Cl)ccc21. The third-order valence-electron chi connectivity index (χ3n) is 3.00. The average molecular weight is 352 g/mol. The molecule has 0 spiro atoms. The van der Waals surface area contributed by atoms with Crippen molar-refractivity contribution in [3.8, 4) is 5.75 Å². The summed E-state index contributed by atoms with van der Waals surface area (Å²) in [7, 11) is 0. The largest absolute Gasteiger partial charge is 0.479 e. The van der Waals surface area contributed by atoms with Gasteiger partial charge >= 0.3 is 0 Å². The van der Waals surface area contributed by atoms with Crippen molar-refractivity contribution in [1.82, 2.24) is 0 Å². The van der Waals surface area contributed by atoms with Crippen molar-refractivity contribution >= 4 is 58.0 Å². The maximum Gasteiger partial charge on any atom is 0.276 e. The van der Waals surface area contributed by atoms with Gasteiger partial charge in [-0.15, -0.1) is 0 Å². The molecule has 21 heavy (non-hydrogen) atoms. The fourth-order valence-electron chi connectivity index (χ4n) is 2.02. The molecule has 0 saturated heterocycles. The Kier molecular flexibility index (Phi) is 4.56. The summed E-state index contributed by atoms with van der Waals surface area (Å²) in [4.78, 5) is 25.2. The number of hydrogen-bond acceptors (Lipinski definition) is 3. The Balaban J connectivity index is 2.30. The molecule has 1 aromatic rings. The van der Waals surface area contributed by atoms with Crippen LogP contribution in [0.3, 0.4) is 0 Å². The van der Waals surface area contributed by atoms with Gasteiger partial charge in [-0.25, -0.2) is 0 Å². The van der Waals surface area contributed by atoms with Crippen molar-refractivity contribution in [3.63, 3.8) is 0 Å². The van der Waals surface area contributed by atoms with Crippen LogP contribution >= 0.6 is 34.8 Å². The lowest BCUT2D eigenvalue weighted by molar-refractivity contribution is -0.125. The zero-order valence-corrected chi connectivity index (χ0v) is 13.6. The van der Waals surface area contributed by atoms with Crippen molar-refractivity contribution < 1.29 is 14.3 Å². The summed E-state index contributed by atoms with van der Waals surface area (Å²) in [6.45, 7) is 4.07. The molecule has 0 saturated carbocycles. The normalized spacial score (nSPS) is 18.0. The van der Waals surface area contributed by atoms with Crippen LogP contribution in [-0.2, 0) is 9.59 Å². The van der Waals surface area contributed by atoms with Crippen molar-refractivity contribution in [1.29, 1.82) is 0 Å². The molecule has 1 aliphatic rings. The summed E-state index contributed by atoms with van der Waals surface area (Å²) in [5.41, 5.74) is 1.06. The van der Waals surface area contributed by atoms with Crippen molar-refractivity contribution in [3.05, 3.63) is 18.2 Å². The molecule has 0 radical (unpaired) electrons. The molecule has 5 nitrogen and oxygen atoms in total. The Hall–Kier alpha value is -1.17. The number of ether oxygens (including phenoxy) is 1. The highest BCUT2D eigenvalue weighted by molar-refractivity contribution is 6.76. The number of benzene rings is 1. The van der Waals surface area contributed by atoms with E-state index in [9.17, 15) is 9.59 Å². The van der Waals surface area contributed by atoms with E-state index in [1.54, 1.807) is 30.0 Å². The topological polar surface area (TPSA) is 58.6 Å². The number of carbonyl (C=O) groups excluding carboxylic acids is 2. The Labute approximate surface area is 137 Å². The van der Waals surface area contributed by atoms with Crippen LogP contribution in [0.5, 0.6) is 5.75 Å². The predicted octanol–water partition coefficient (Wildman–Crippen LogP) is 3.13. The second-order valence-electron chi connectivity index (χ2n) is 4.48. The van der Waals surface area contributed by atoms with Crippen LogP contribution in [-0.4, -0.2) is 28.3 Å². The number of fused-ring (bicyclic) bond motifs is 1. The van der Waals surface area contributed by atoms with Gasteiger partial charge in [0.15, 0.2) is 6.10 Å². The molecule has 8 heteroatoms. The third-order valence-corrected chi connectivity index (χ3v) is 3.51. The molecule has 1 aromatic carbocycles. The van der Waals surface area contributed by atoms with E-state index in [-0.39, 0.29) is 5.91 Å². The lowest BCUT2D eigenvalue weighted by Crippen LogP contribution is -2.44. The smallest absolute Gasteiger partial charge is 0.276 e. The monoisotopic (exact) mass is 350 g/mol. The van der Waals surface area contributed by atoms with Crippen molar-refractivity contribution in [2.24, 2.45) is 0 Å². The Morgan fingerprint density at radius 1 is 1.43 bits per heavy atom. The lowest BCUT2D eigenvalue weighted by atomic mass is 10.1. The fraction of sp³-hybridized carbons (Fsp3) is 0.385. The summed E-state index contributed by atoms with van der Waals surface area (Å²) in [5.74, 6) is -0.381. The molecule has 1 aliphatic heterocycles. The molecule has 2 rings (SSSR count). The fourth-order valence-corrected chi connectivity index (χ4v) is 2.16. The van der Waals surface area contributed by atoms with E-state index in [0.717, 1.165) is 0 Å². The predicted molar refractivity (Wildman–Crippen MR) is 83.5 cm³/mol. The quantitative estimate of drug-likeness (QED) is 0.833. The summed E-state index contributed by atoms with van der Waals surface area (Å²) < 4.78 is 3.50. The standard InChI is InChI=1S/C13H13Cl3N2O3/c1-3-18-9-5-4-8(17-12(20)13(14,15)16)6-10(9)21-7(2)11(18)19/h4-7H,3H2,1-2H3,(H,17,20). The van der Waals surface area contributed by atoms with Gasteiger partial charge in [0.1, 0.15) is 5.75 Å². The molecule has 1 heterocycles. The van der Waals surface area contributed by atoms with E-state index in [1.807, 2.05) is 6.92 Å². The van der Waals surface area contributed by atoms with E-state index in [2.05, 4.69) is 5.32 Å². The molecule has 1 N–H and O–H groups in total. The first-order valence-electron chi connectivity index (χ1n) is 6.24. The second kappa shape index (κ2) is 5.91. The maximum absolute atomic E-state index is 12.0. The molecular weight excluding hydrogens is 339 g/mol. The third kappa shape index (κ3) is 3.36. The van der Waals surface area contributed by atoms with Crippen LogP contribution in [0.2, 0.25) is 0 Å². The summed E-state index contributed by atoms with van der Waals surface area (Å²) in [5, 5.41) is 2.47. The number of nitrogens with zero attached hydrogens (tertiary/aromatic N) is 1. The first kappa shape index (κ1) is 16.2. The number of rotatable bonds is 2. The maximum atomic E-state index is 12.0. The van der Waals surface area contributed by atoms with Crippen LogP contribution in [0.1, 0.15) is 13.8 Å². The van der Waals surface area contributed by atoms with Gasteiger partial charge in [-0.3, -0.25) is 9.59 Å². The first-order valence-corrected chi connectivity index (χ1v) is 7.37. The number of likely N-dealkylation sites (N-methyl/N-ethyl adjacent to an activating group) is 1. The van der Waals surface area contributed by atoms with Gasteiger partial charge < -0.3 is 15.0 Å². The van der Waals surface area contributed by atoms with Gasteiger partial charge in [0.05, 0.1) is 5.69 Å². The van der Waals surface area contributed by atoms with Crippen molar-refractivity contribution in [2.45, 2.75) is 23.7 Å². The summed E-state index contributed by atoms with van der Waals surface area (Å²) >= 11 is 16.5. The van der Waals surface area contributed by atoms with Crippen molar-refractivity contribution in [2.75, 3.05) is 16.8 Å². The van der Waals surface area contributed by atoms with Gasteiger partial charge in [0.25, 0.3) is 15.6 Å². The van der Waals surface area contributed by atoms with E-state index in [1.165, 1.54) is 0 Å². The van der Waals surface area contributed by atoms with Gasteiger partial charge in [0.2, 0.25) is 0 Å². The minimum absolute atomic E-state index is 0.108. The Bertz CT molecular complexity index is 587. The summed E-state index contributed by atoms with van der Waals surface area (Å²) in [6.07, 6.45) is -0.587. The Morgan fingerprint density at radius 2 is 2.10 bits per heavy atom. The minimum Gasteiger partial charge on any atom is -0.479 e. The summed E-state index contributed by atoms with van der Waals surface area (Å²) in [6, 6.07) is 4.88. The molecule has 1 unspecified atom stereocenters. The number of nitrogens with one attached hydrogen (secondary N) is 1. The highest BCUT2D eigenvalue weighted by Crippen LogP contribution is 2.37. The number of hydrogen-bond donors (Lipinski definition) is 1. The molecule has 114 valence electrons. The van der Waals surface area contributed by atoms with Gasteiger partial charge in [-0.05, 0) is 26.0 Å². The van der Waals surface area contributed by atoms with Crippen LogP contribution in [0.25, 0.3) is 0 Å². The molecule has 0 aromatic heterocycles. The van der Waals surface area contributed by atoms with Gasteiger partial charge in [-0.2, -0.15) is 0 Å². The van der Waals surface area contributed by atoms with E-state index >= 15 is 0 Å². The molecule has 0 fully saturated rings. The molecule has 2 amide bonds. The second-order valence-corrected chi connectivity index (χ2v) is 6.76. The zero-order chi connectivity index (χ0) is 15.8. The molecule has 1 atom stereocenters. The number of halogens is 3. The number of anilines is 2. The van der Waals surface area contributed by atoms with E-state index < -0.39 is 15.8 Å².